The summed E-state index contributed by atoms with van der Waals surface area (Å²) in [6, 6.07) is 1.57. The molecule has 0 radical (unpaired) electrons. The summed E-state index contributed by atoms with van der Waals surface area (Å²) in [5, 5.41) is 12.4. The van der Waals surface area contributed by atoms with Gasteiger partial charge in [-0.15, -0.1) is 0 Å². The van der Waals surface area contributed by atoms with Crippen LogP contribution in [0.25, 0.3) is 0 Å². The molecule has 1 aromatic rings. The van der Waals surface area contributed by atoms with Crippen molar-refractivity contribution in [3.8, 4) is 0 Å². The van der Waals surface area contributed by atoms with Crippen molar-refractivity contribution in [2.75, 3.05) is 0 Å². The van der Waals surface area contributed by atoms with E-state index >= 15 is 0 Å². The molecule has 0 saturated carbocycles. The van der Waals surface area contributed by atoms with Crippen LogP contribution in [0.15, 0.2) is 12.3 Å². The number of nitrogens with zero attached hydrogens (tertiary/aromatic N) is 2. The van der Waals surface area contributed by atoms with Crippen LogP contribution in [0.5, 0.6) is 0 Å². The highest BCUT2D eigenvalue weighted by Crippen LogP contribution is 2.02. The molecule has 0 atom stereocenters. The molecule has 0 aromatic carbocycles. The van der Waals surface area contributed by atoms with Crippen molar-refractivity contribution in [1.29, 1.82) is 0 Å². The third-order valence-corrected chi connectivity index (χ3v) is 2.17. The molecule has 3 N–H and O–H groups in total. The fourth-order valence-electron chi connectivity index (χ4n) is 1.34. The minimum Gasteiger partial charge on any atom is -0.481 e. The lowest BCUT2D eigenvalue weighted by Gasteiger charge is -2.00. The van der Waals surface area contributed by atoms with Crippen LogP contribution in [0.3, 0.4) is 0 Å². The molecule has 6 heteroatoms. The number of primary amides is 1. The molecule has 1 aromatic heterocycles. The number of carbonyl (C=O) groups is 2. The van der Waals surface area contributed by atoms with Crippen LogP contribution in [0, 0.1) is 0 Å². The van der Waals surface area contributed by atoms with E-state index in [1.165, 1.54) is 0 Å². The topological polar surface area (TPSA) is 98.2 Å². The number of hydrogen-bond donors (Lipinski definition) is 2. The molecule has 0 fully saturated rings. The molecule has 0 saturated heterocycles. The predicted octanol–water partition coefficient (Wildman–Crippen LogP) is 0.627. The number of hydrogen-bond acceptors (Lipinski definition) is 3. The number of carbonyl (C=O) groups excluding carboxylic acids is 1. The van der Waals surface area contributed by atoms with E-state index in [-0.39, 0.29) is 12.1 Å². The zero-order valence-electron chi connectivity index (χ0n) is 8.93. The van der Waals surface area contributed by atoms with Crippen LogP contribution in [0.4, 0.5) is 0 Å². The first-order valence-corrected chi connectivity index (χ1v) is 5.14. The Hall–Kier alpha value is -1.85. The summed E-state index contributed by atoms with van der Waals surface area (Å²) in [6.45, 7) is 0.674. The van der Waals surface area contributed by atoms with Gasteiger partial charge in [-0.1, -0.05) is 6.42 Å². The van der Waals surface area contributed by atoms with Crippen molar-refractivity contribution in [2.45, 2.75) is 32.2 Å². The summed E-state index contributed by atoms with van der Waals surface area (Å²) < 4.78 is 1.64. The van der Waals surface area contributed by atoms with E-state index < -0.39 is 11.9 Å². The summed E-state index contributed by atoms with van der Waals surface area (Å²) >= 11 is 0. The Morgan fingerprint density at radius 2 is 2.12 bits per heavy atom. The van der Waals surface area contributed by atoms with Crippen LogP contribution >= 0.6 is 0 Å². The van der Waals surface area contributed by atoms with Gasteiger partial charge < -0.3 is 10.8 Å². The minimum atomic E-state index is -0.768. The fraction of sp³-hybridized carbons (Fsp3) is 0.500. The Labute approximate surface area is 93.1 Å². The number of nitrogens with two attached hydrogens (primary N) is 1. The number of amides is 1. The highest BCUT2D eigenvalue weighted by atomic mass is 16.4. The van der Waals surface area contributed by atoms with E-state index in [4.69, 9.17) is 10.8 Å². The number of aryl methyl sites for hydroxylation is 1. The second kappa shape index (κ2) is 5.89. The van der Waals surface area contributed by atoms with Crippen LogP contribution in [-0.2, 0) is 11.3 Å². The third-order valence-electron chi connectivity index (χ3n) is 2.17. The number of aliphatic carboxylic acids is 1. The number of rotatable bonds is 7. The number of unbranched alkanes of at least 4 members (excludes halogenated alkanes) is 2. The minimum absolute atomic E-state index is 0.200. The summed E-state index contributed by atoms with van der Waals surface area (Å²) in [6.07, 6.45) is 4.23. The van der Waals surface area contributed by atoms with E-state index in [0.717, 1.165) is 12.8 Å². The number of carboxylic acid groups (broad SMARTS) is 1. The molecule has 0 unspecified atom stereocenters. The highest BCUT2D eigenvalue weighted by molar-refractivity contribution is 5.90. The van der Waals surface area contributed by atoms with Crippen LogP contribution in [-0.4, -0.2) is 26.8 Å². The molecule has 0 aliphatic rings. The van der Waals surface area contributed by atoms with Gasteiger partial charge in [0.2, 0.25) is 0 Å². The molecule has 0 aliphatic heterocycles. The lowest BCUT2D eigenvalue weighted by Crippen LogP contribution is -2.12. The van der Waals surface area contributed by atoms with Crippen LogP contribution < -0.4 is 5.73 Å². The van der Waals surface area contributed by atoms with Gasteiger partial charge in [0, 0.05) is 19.2 Å². The van der Waals surface area contributed by atoms with Gasteiger partial charge in [-0.2, -0.15) is 5.10 Å². The molecule has 0 aliphatic carbocycles. The van der Waals surface area contributed by atoms with Crippen molar-refractivity contribution in [1.82, 2.24) is 9.78 Å². The zero-order chi connectivity index (χ0) is 12.0. The van der Waals surface area contributed by atoms with Crippen molar-refractivity contribution in [2.24, 2.45) is 5.73 Å². The molecule has 1 amide bonds. The molecule has 6 nitrogen and oxygen atoms in total. The van der Waals surface area contributed by atoms with Gasteiger partial charge in [0.05, 0.1) is 0 Å². The number of carboxylic acids is 1. The van der Waals surface area contributed by atoms with E-state index in [0.29, 0.717) is 13.0 Å². The van der Waals surface area contributed by atoms with Crippen LogP contribution in [0.1, 0.15) is 36.2 Å². The maximum absolute atomic E-state index is 10.7. The summed E-state index contributed by atoms with van der Waals surface area (Å²) in [5.41, 5.74) is 5.31. The standard InChI is InChI=1S/C10H15N3O3/c11-10(16)8-5-7-13(12-8)6-3-1-2-4-9(14)15/h5,7H,1-4,6H2,(H2,11,16)(H,14,15). The lowest BCUT2D eigenvalue weighted by atomic mass is 10.2. The SMILES string of the molecule is NC(=O)c1ccn(CCCCCC(=O)O)n1. The molecular formula is C10H15N3O3. The van der Waals surface area contributed by atoms with E-state index in [2.05, 4.69) is 5.10 Å². The smallest absolute Gasteiger partial charge is 0.303 e. The highest BCUT2D eigenvalue weighted by Gasteiger charge is 2.04. The predicted molar refractivity (Wildman–Crippen MR) is 56.8 cm³/mol. The van der Waals surface area contributed by atoms with Crippen molar-refractivity contribution in [3.63, 3.8) is 0 Å². The Balaban J connectivity index is 2.21. The molecule has 0 spiro atoms. The normalized spacial score (nSPS) is 10.2. The molecule has 1 heterocycles. The van der Waals surface area contributed by atoms with E-state index in [1.54, 1.807) is 16.9 Å². The quantitative estimate of drug-likeness (QED) is 0.665. The second-order valence-electron chi connectivity index (χ2n) is 3.53. The Morgan fingerprint density at radius 1 is 1.38 bits per heavy atom. The first-order valence-electron chi connectivity index (χ1n) is 5.14. The molecule has 1 rings (SSSR count). The molecule has 16 heavy (non-hydrogen) atoms. The molecular weight excluding hydrogens is 210 g/mol. The average Bonchev–Trinajstić information content (AvgIpc) is 2.65. The van der Waals surface area contributed by atoms with Gasteiger partial charge >= 0.3 is 5.97 Å². The van der Waals surface area contributed by atoms with E-state index in [9.17, 15) is 9.59 Å². The second-order valence-corrected chi connectivity index (χ2v) is 3.53. The third kappa shape index (κ3) is 4.12. The molecule has 0 bridgehead atoms. The first kappa shape index (κ1) is 12.2. The van der Waals surface area contributed by atoms with Crippen molar-refractivity contribution in [3.05, 3.63) is 18.0 Å². The Bertz CT molecular complexity index is 373. The molecule has 88 valence electrons. The zero-order valence-corrected chi connectivity index (χ0v) is 8.93. The largest absolute Gasteiger partial charge is 0.481 e. The lowest BCUT2D eigenvalue weighted by molar-refractivity contribution is -0.137. The monoisotopic (exact) mass is 225 g/mol. The van der Waals surface area contributed by atoms with Gasteiger partial charge in [0.15, 0.2) is 0 Å². The summed E-state index contributed by atoms with van der Waals surface area (Å²) in [7, 11) is 0. The average molecular weight is 225 g/mol. The van der Waals surface area contributed by atoms with Crippen molar-refractivity contribution >= 4 is 11.9 Å². The Morgan fingerprint density at radius 3 is 2.69 bits per heavy atom. The first-order chi connectivity index (χ1) is 7.59. The van der Waals surface area contributed by atoms with Crippen molar-refractivity contribution < 1.29 is 14.7 Å². The van der Waals surface area contributed by atoms with E-state index in [1.807, 2.05) is 0 Å². The number of aromatic nitrogens is 2. The van der Waals surface area contributed by atoms with Gasteiger partial charge in [0.25, 0.3) is 5.91 Å². The van der Waals surface area contributed by atoms with Gasteiger partial charge in [-0.05, 0) is 18.9 Å². The summed E-state index contributed by atoms with van der Waals surface area (Å²) in [4.78, 5) is 21.0. The maximum atomic E-state index is 10.7. The fourth-order valence-corrected chi connectivity index (χ4v) is 1.34. The Kier molecular flexibility index (Phi) is 4.50. The van der Waals surface area contributed by atoms with Gasteiger partial charge in [-0.3, -0.25) is 14.3 Å². The van der Waals surface area contributed by atoms with Gasteiger partial charge in [0.1, 0.15) is 5.69 Å². The van der Waals surface area contributed by atoms with Crippen LogP contribution in [0.2, 0.25) is 0 Å². The maximum Gasteiger partial charge on any atom is 0.303 e. The summed E-state index contributed by atoms with van der Waals surface area (Å²) in [5.74, 6) is -1.31. The van der Waals surface area contributed by atoms with Gasteiger partial charge in [-0.25, -0.2) is 0 Å².